The van der Waals surface area contributed by atoms with Crippen LogP contribution in [0, 0.1) is 0 Å². The first-order valence-electron chi connectivity index (χ1n) is 3.04. The molecule has 0 aromatic carbocycles. The molecule has 0 aliphatic heterocycles. The molecule has 0 aliphatic carbocycles. The molecule has 0 aliphatic rings. The maximum absolute atomic E-state index is 10.1. The minimum Gasteiger partial charge on any atom is -0.378 e. The lowest BCUT2D eigenvalue weighted by Gasteiger charge is -2.18. The molecule has 0 aromatic rings. The number of halogens is 2. The van der Waals surface area contributed by atoms with Crippen LogP contribution in [0.25, 0.3) is 0 Å². The minimum absolute atomic E-state index is 0.197. The fourth-order valence-electron chi connectivity index (χ4n) is 0.500. The third kappa shape index (κ3) is 8.69. The Balaban J connectivity index is 4.09. The normalized spacial score (nSPS) is 19.5. The van der Waals surface area contributed by atoms with E-state index in [0.29, 0.717) is 0 Å². The van der Waals surface area contributed by atoms with Crippen molar-refractivity contribution in [3.8, 4) is 0 Å². The van der Waals surface area contributed by atoms with E-state index in [1.54, 1.807) is 0 Å². The van der Waals surface area contributed by atoms with E-state index in [0.717, 1.165) is 0 Å². The number of alkyl halides is 2. The quantitative estimate of drug-likeness (QED) is 0.363. The molecular formula is C4H8Cl2O6S. The zero-order valence-electron chi connectivity index (χ0n) is 6.22. The van der Waals surface area contributed by atoms with Crippen molar-refractivity contribution in [3.63, 3.8) is 0 Å². The summed E-state index contributed by atoms with van der Waals surface area (Å²) in [6, 6.07) is 0. The molecule has 0 unspecified atom stereocenters. The summed E-state index contributed by atoms with van der Waals surface area (Å²) in [5.74, 6) is 0. The molecular weight excluding hydrogens is 247 g/mol. The van der Waals surface area contributed by atoms with Crippen LogP contribution in [0.1, 0.15) is 12.8 Å². The van der Waals surface area contributed by atoms with Gasteiger partial charge >= 0.3 is 10.4 Å². The van der Waals surface area contributed by atoms with Gasteiger partial charge in [0, 0.05) is 6.42 Å². The van der Waals surface area contributed by atoms with Crippen LogP contribution < -0.4 is 0 Å². The number of rotatable bonds is 5. The molecule has 0 spiro atoms. The summed E-state index contributed by atoms with van der Waals surface area (Å²) in [6.07, 6.45) is -0.657. The molecule has 0 rings (SSSR count). The first kappa shape index (κ1) is 13.4. The van der Waals surface area contributed by atoms with Crippen LogP contribution in [0.3, 0.4) is 0 Å². The largest absolute Gasteiger partial charge is 0.401 e. The fourth-order valence-corrected chi connectivity index (χ4v) is 1.36. The van der Waals surface area contributed by atoms with Crippen molar-refractivity contribution >= 4 is 33.6 Å². The van der Waals surface area contributed by atoms with Crippen molar-refractivity contribution in [3.05, 3.63) is 0 Å². The van der Waals surface area contributed by atoms with Crippen molar-refractivity contribution in [2.75, 3.05) is 0 Å². The average Bonchev–Trinajstić information content (AvgIpc) is 1.78. The second-order valence-corrected chi connectivity index (χ2v) is 4.29. The Bertz CT molecular complexity index is 247. The Morgan fingerprint density at radius 2 is 2.00 bits per heavy atom. The van der Waals surface area contributed by atoms with Gasteiger partial charge in [0.05, 0.1) is 0 Å². The van der Waals surface area contributed by atoms with Gasteiger partial charge in [-0.15, -0.1) is 0 Å². The molecule has 0 radical (unpaired) electrons. The van der Waals surface area contributed by atoms with Crippen LogP contribution in [0.15, 0.2) is 0 Å². The summed E-state index contributed by atoms with van der Waals surface area (Å²) >= 11 is 10.2. The highest BCUT2D eigenvalue weighted by Gasteiger charge is 2.31. The van der Waals surface area contributed by atoms with E-state index in [9.17, 15) is 8.42 Å². The lowest BCUT2D eigenvalue weighted by molar-refractivity contribution is -0.0725. The van der Waals surface area contributed by atoms with E-state index in [1.165, 1.54) is 0 Å². The van der Waals surface area contributed by atoms with E-state index in [1.807, 2.05) is 0 Å². The van der Waals surface area contributed by atoms with Crippen LogP contribution in [-0.4, -0.2) is 34.0 Å². The van der Waals surface area contributed by atoms with Gasteiger partial charge in [-0.3, -0.25) is 4.55 Å². The van der Waals surface area contributed by atoms with Crippen molar-refractivity contribution in [1.82, 2.24) is 0 Å². The Labute approximate surface area is 85.0 Å². The summed E-state index contributed by atoms with van der Waals surface area (Å²) in [5.41, 5.74) is -1.28. The molecule has 0 heterocycles. The van der Waals surface area contributed by atoms with Gasteiger partial charge in [-0.25, -0.2) is 0 Å². The Kier molecular flexibility index (Phi) is 4.87. The monoisotopic (exact) mass is 254 g/mol. The maximum Gasteiger partial charge on any atom is 0.401 e. The van der Waals surface area contributed by atoms with Gasteiger partial charge in [-0.2, -0.15) is 12.6 Å². The van der Waals surface area contributed by atoms with Gasteiger partial charge in [-0.05, 0) is 6.42 Å². The molecule has 6 nitrogen and oxygen atoms in total. The van der Waals surface area contributed by atoms with Crippen LogP contribution in [0.2, 0.25) is 0 Å². The molecule has 0 saturated carbocycles. The molecule has 0 aromatic heterocycles. The second kappa shape index (κ2) is 4.74. The van der Waals surface area contributed by atoms with Gasteiger partial charge in [0.1, 0.15) is 5.56 Å². The standard InChI is InChI=1S/C4H8Cl2O6S/c5-3(7)1-2-4(6,8)12-13(9,10)11/h3,7-8H,1-2H2,(H,9,10,11)/t3-,4-/m0/s1. The SMILES string of the molecule is O=S(=O)(O)O[C@](O)(Cl)CC[C@H](O)Cl. The molecule has 3 N–H and O–H groups in total. The number of hydrogen-bond acceptors (Lipinski definition) is 5. The van der Waals surface area contributed by atoms with Crippen molar-refractivity contribution < 1.29 is 27.4 Å². The van der Waals surface area contributed by atoms with Gasteiger partial charge in [0.25, 0.3) is 5.25 Å². The Hall–Kier alpha value is 0.370. The summed E-state index contributed by atoms with van der Waals surface area (Å²) in [6.45, 7) is 0. The second-order valence-electron chi connectivity index (χ2n) is 2.17. The molecule has 0 fully saturated rings. The predicted molar refractivity (Wildman–Crippen MR) is 44.5 cm³/mol. The highest BCUT2D eigenvalue weighted by atomic mass is 35.5. The highest BCUT2D eigenvalue weighted by molar-refractivity contribution is 7.81. The molecule has 0 bridgehead atoms. The molecule has 0 saturated heterocycles. The van der Waals surface area contributed by atoms with Crippen LogP contribution in [0.5, 0.6) is 0 Å². The van der Waals surface area contributed by atoms with Crippen LogP contribution in [-0.2, 0) is 14.6 Å². The summed E-state index contributed by atoms with van der Waals surface area (Å²) in [4.78, 5) is 0. The van der Waals surface area contributed by atoms with E-state index >= 15 is 0 Å². The number of aliphatic hydroxyl groups excluding tert-OH is 1. The topological polar surface area (TPSA) is 104 Å². The van der Waals surface area contributed by atoms with E-state index < -0.39 is 27.6 Å². The van der Waals surface area contributed by atoms with Gasteiger partial charge < -0.3 is 10.2 Å². The number of aliphatic hydroxyl groups is 2. The van der Waals surface area contributed by atoms with Crippen LogP contribution >= 0.6 is 23.2 Å². The van der Waals surface area contributed by atoms with E-state index in [4.69, 9.17) is 38.0 Å². The molecule has 0 amide bonds. The lowest BCUT2D eigenvalue weighted by Crippen LogP contribution is -2.29. The van der Waals surface area contributed by atoms with Crippen molar-refractivity contribution in [2.24, 2.45) is 0 Å². The molecule has 2 atom stereocenters. The zero-order chi connectivity index (χ0) is 10.7. The van der Waals surface area contributed by atoms with Crippen molar-refractivity contribution in [2.45, 2.75) is 23.7 Å². The summed E-state index contributed by atoms with van der Waals surface area (Å²) < 4.78 is 32.0. The minimum atomic E-state index is -4.84. The number of hydrogen-bond donors (Lipinski definition) is 3. The van der Waals surface area contributed by atoms with E-state index in [-0.39, 0.29) is 6.42 Å². The van der Waals surface area contributed by atoms with E-state index in [2.05, 4.69) is 4.18 Å². The smallest absolute Gasteiger partial charge is 0.378 e. The van der Waals surface area contributed by atoms with Gasteiger partial charge in [-0.1, -0.05) is 23.2 Å². The third-order valence-corrected chi connectivity index (χ3v) is 1.99. The molecule has 13 heavy (non-hydrogen) atoms. The van der Waals surface area contributed by atoms with Crippen molar-refractivity contribution in [1.29, 1.82) is 0 Å². The molecule has 80 valence electrons. The third-order valence-electron chi connectivity index (χ3n) is 0.924. The fraction of sp³-hybridized carbons (Fsp3) is 1.00. The average molecular weight is 255 g/mol. The summed E-state index contributed by atoms with van der Waals surface area (Å²) in [7, 11) is -4.84. The predicted octanol–water partition coefficient (Wildman–Crippen LogP) is 0.0281. The molecule has 9 heteroatoms. The Morgan fingerprint density at radius 3 is 2.31 bits per heavy atom. The first-order chi connectivity index (χ1) is 5.62. The van der Waals surface area contributed by atoms with Crippen LogP contribution in [0.4, 0.5) is 0 Å². The zero-order valence-corrected chi connectivity index (χ0v) is 8.55. The van der Waals surface area contributed by atoms with Gasteiger partial charge in [0.15, 0.2) is 0 Å². The highest BCUT2D eigenvalue weighted by Crippen LogP contribution is 2.23. The summed E-state index contributed by atoms with van der Waals surface area (Å²) in [5, 5.41) is 14.9. The maximum atomic E-state index is 10.1. The Morgan fingerprint density at radius 1 is 1.54 bits per heavy atom. The van der Waals surface area contributed by atoms with Gasteiger partial charge in [0.2, 0.25) is 0 Å². The lowest BCUT2D eigenvalue weighted by atomic mass is 10.3. The first-order valence-corrected chi connectivity index (χ1v) is 5.22.